The van der Waals surface area contributed by atoms with Gasteiger partial charge in [-0.2, -0.15) is 0 Å². The highest BCUT2D eigenvalue weighted by Gasteiger charge is 2.33. The molecule has 1 aliphatic heterocycles. The van der Waals surface area contributed by atoms with Gasteiger partial charge in [0, 0.05) is 5.70 Å². The summed E-state index contributed by atoms with van der Waals surface area (Å²) in [7, 11) is 1.38. The molecule has 0 saturated heterocycles. The van der Waals surface area contributed by atoms with Crippen molar-refractivity contribution in [2.75, 3.05) is 7.11 Å². The number of ether oxygens (including phenoxy) is 2. The second-order valence-corrected chi connectivity index (χ2v) is 6.16. The lowest BCUT2D eigenvalue weighted by atomic mass is 9.95. The fourth-order valence-electron chi connectivity index (χ4n) is 2.46. The second-order valence-electron chi connectivity index (χ2n) is 5.75. The molecule has 0 saturated carbocycles. The summed E-state index contributed by atoms with van der Waals surface area (Å²) in [5.74, 6) is -0.604. The minimum absolute atomic E-state index is 0.0504. The first-order valence-electron chi connectivity index (χ1n) is 7.84. The smallest absolute Gasteiger partial charge is 0.338 e. The number of urea groups is 1. The van der Waals surface area contributed by atoms with Gasteiger partial charge < -0.3 is 25.2 Å². The third kappa shape index (κ3) is 3.99. The lowest BCUT2D eigenvalue weighted by Gasteiger charge is -2.29. The van der Waals surface area contributed by atoms with E-state index in [0.717, 1.165) is 0 Å². The van der Waals surface area contributed by atoms with Crippen LogP contribution in [0.25, 0.3) is 0 Å². The van der Waals surface area contributed by atoms with Gasteiger partial charge in [0.25, 0.3) is 0 Å². The topological polar surface area (TPSA) is 96.9 Å². The maximum Gasteiger partial charge on any atom is 0.338 e. The van der Waals surface area contributed by atoms with Crippen LogP contribution in [0.1, 0.15) is 38.8 Å². The molecule has 7 nitrogen and oxygen atoms in total. The number of carbonyl (C=O) groups excluding carboxylic acids is 2. The van der Waals surface area contributed by atoms with Gasteiger partial charge in [-0.15, -0.1) is 0 Å². The molecule has 2 rings (SSSR count). The molecule has 8 heteroatoms. The predicted molar refractivity (Wildman–Crippen MR) is 92.6 cm³/mol. The Labute approximate surface area is 150 Å². The summed E-state index contributed by atoms with van der Waals surface area (Å²) in [5, 5.41) is 15.2. The van der Waals surface area contributed by atoms with Crippen molar-refractivity contribution < 1.29 is 24.2 Å². The Morgan fingerprint density at radius 2 is 2.12 bits per heavy atom. The SMILES string of the molecule is CC[C@H](C)OC(=O)C1=C(C)NC(=O)N[C@H]1c1cc(Cl)c(O)c(OC)c1. The molecule has 0 bridgehead atoms. The van der Waals surface area contributed by atoms with Gasteiger partial charge in [-0.25, -0.2) is 9.59 Å². The van der Waals surface area contributed by atoms with Crippen molar-refractivity contribution in [1.82, 2.24) is 10.6 Å². The van der Waals surface area contributed by atoms with Crippen molar-refractivity contribution in [3.8, 4) is 11.5 Å². The summed E-state index contributed by atoms with van der Waals surface area (Å²) < 4.78 is 10.5. The van der Waals surface area contributed by atoms with Gasteiger partial charge in [0.1, 0.15) is 0 Å². The number of nitrogens with one attached hydrogen (secondary N) is 2. The molecule has 1 heterocycles. The minimum atomic E-state index is -0.780. The molecule has 1 aromatic carbocycles. The number of esters is 1. The normalized spacial score (nSPS) is 18.3. The van der Waals surface area contributed by atoms with Gasteiger partial charge in [0.05, 0.1) is 29.9 Å². The van der Waals surface area contributed by atoms with Crippen molar-refractivity contribution in [1.29, 1.82) is 0 Å². The Morgan fingerprint density at radius 1 is 1.44 bits per heavy atom. The van der Waals surface area contributed by atoms with Crippen LogP contribution in [0.2, 0.25) is 5.02 Å². The highest BCUT2D eigenvalue weighted by atomic mass is 35.5. The van der Waals surface area contributed by atoms with E-state index in [1.54, 1.807) is 13.8 Å². The number of rotatable bonds is 5. The molecule has 0 spiro atoms. The molecule has 2 amide bonds. The van der Waals surface area contributed by atoms with Crippen LogP contribution < -0.4 is 15.4 Å². The number of carbonyl (C=O) groups is 2. The lowest BCUT2D eigenvalue weighted by molar-refractivity contribution is -0.144. The molecule has 1 aromatic rings. The van der Waals surface area contributed by atoms with Crippen LogP contribution in [0.5, 0.6) is 11.5 Å². The Kier molecular flexibility index (Phi) is 5.79. The second kappa shape index (κ2) is 7.65. The minimum Gasteiger partial charge on any atom is -0.503 e. The number of hydrogen-bond donors (Lipinski definition) is 3. The Morgan fingerprint density at radius 3 is 2.72 bits per heavy atom. The van der Waals surface area contributed by atoms with E-state index in [1.807, 2.05) is 6.92 Å². The van der Waals surface area contributed by atoms with Crippen molar-refractivity contribution in [3.63, 3.8) is 0 Å². The predicted octanol–water partition coefficient (Wildman–Crippen LogP) is 3.02. The van der Waals surface area contributed by atoms with Crippen LogP contribution >= 0.6 is 11.6 Å². The first-order valence-corrected chi connectivity index (χ1v) is 8.21. The molecule has 3 N–H and O–H groups in total. The van der Waals surface area contributed by atoms with E-state index < -0.39 is 18.0 Å². The molecule has 1 aliphatic rings. The van der Waals surface area contributed by atoms with Crippen molar-refractivity contribution in [3.05, 3.63) is 34.0 Å². The fraction of sp³-hybridized carbons (Fsp3) is 0.412. The van der Waals surface area contributed by atoms with Crippen LogP contribution in [0.3, 0.4) is 0 Å². The molecule has 0 aromatic heterocycles. The fourth-order valence-corrected chi connectivity index (χ4v) is 2.68. The number of methoxy groups -OCH3 is 1. The van der Waals surface area contributed by atoms with Crippen molar-refractivity contribution >= 4 is 23.6 Å². The highest BCUT2D eigenvalue weighted by Crippen LogP contribution is 2.39. The summed E-state index contributed by atoms with van der Waals surface area (Å²) in [6.07, 6.45) is 0.408. The first-order chi connectivity index (χ1) is 11.8. The number of phenolic OH excluding ortho intramolecular Hbond substituents is 1. The molecule has 0 aliphatic carbocycles. The van der Waals surface area contributed by atoms with Gasteiger partial charge in [0.15, 0.2) is 11.5 Å². The molecule has 0 unspecified atom stereocenters. The van der Waals surface area contributed by atoms with Gasteiger partial charge in [0.2, 0.25) is 0 Å². The van der Waals surface area contributed by atoms with Crippen LogP contribution in [0.15, 0.2) is 23.4 Å². The highest BCUT2D eigenvalue weighted by molar-refractivity contribution is 6.32. The largest absolute Gasteiger partial charge is 0.503 e. The zero-order valence-electron chi connectivity index (χ0n) is 14.5. The molecular weight excluding hydrogens is 348 g/mol. The Hall–Kier alpha value is -2.41. The van der Waals surface area contributed by atoms with E-state index in [1.165, 1.54) is 19.2 Å². The summed E-state index contributed by atoms with van der Waals surface area (Å²) >= 11 is 6.03. The van der Waals surface area contributed by atoms with Crippen LogP contribution in [-0.4, -0.2) is 30.3 Å². The molecule has 0 radical (unpaired) electrons. The maximum absolute atomic E-state index is 12.6. The third-order valence-electron chi connectivity index (χ3n) is 3.98. The van der Waals surface area contributed by atoms with E-state index >= 15 is 0 Å². The van der Waals surface area contributed by atoms with Crippen LogP contribution in [0.4, 0.5) is 4.79 Å². The standard InChI is InChI=1S/C17H21ClN2O5/c1-5-8(2)25-16(22)13-9(3)19-17(23)20-14(13)10-6-11(18)15(21)12(7-10)24-4/h6-8,14,21H,5H2,1-4H3,(H2,19,20,23)/t8-,14-/m0/s1. The van der Waals surface area contributed by atoms with Gasteiger partial charge in [-0.3, -0.25) is 0 Å². The number of amides is 2. The van der Waals surface area contributed by atoms with E-state index in [-0.39, 0.29) is 28.2 Å². The average molecular weight is 369 g/mol. The van der Waals surface area contributed by atoms with Crippen LogP contribution in [0, 0.1) is 0 Å². The van der Waals surface area contributed by atoms with E-state index in [4.69, 9.17) is 21.1 Å². The number of hydrogen-bond acceptors (Lipinski definition) is 5. The number of halogens is 1. The summed E-state index contributed by atoms with van der Waals surface area (Å²) in [5.41, 5.74) is 1.15. The van der Waals surface area contributed by atoms with Crippen LogP contribution in [-0.2, 0) is 9.53 Å². The van der Waals surface area contributed by atoms with E-state index in [0.29, 0.717) is 17.7 Å². The maximum atomic E-state index is 12.6. The van der Waals surface area contributed by atoms with Crippen molar-refractivity contribution in [2.24, 2.45) is 0 Å². The zero-order valence-corrected chi connectivity index (χ0v) is 15.2. The number of phenols is 1. The molecule has 136 valence electrons. The molecular formula is C17H21ClN2O5. The third-order valence-corrected chi connectivity index (χ3v) is 4.26. The Bertz CT molecular complexity index is 732. The molecule has 0 fully saturated rings. The van der Waals surface area contributed by atoms with Gasteiger partial charge in [-0.05, 0) is 38.0 Å². The number of aromatic hydroxyl groups is 1. The first kappa shape index (κ1) is 18.9. The van der Waals surface area contributed by atoms with Gasteiger partial charge >= 0.3 is 12.0 Å². The molecule has 25 heavy (non-hydrogen) atoms. The van der Waals surface area contributed by atoms with E-state index in [2.05, 4.69) is 10.6 Å². The summed E-state index contributed by atoms with van der Waals surface area (Å²) in [6, 6.07) is 1.75. The quantitative estimate of drug-likeness (QED) is 0.694. The Balaban J connectivity index is 2.49. The monoisotopic (exact) mass is 368 g/mol. The number of allylic oxidation sites excluding steroid dienone is 1. The average Bonchev–Trinajstić information content (AvgIpc) is 2.56. The lowest BCUT2D eigenvalue weighted by Crippen LogP contribution is -2.45. The van der Waals surface area contributed by atoms with E-state index in [9.17, 15) is 14.7 Å². The molecule has 2 atom stereocenters. The summed E-state index contributed by atoms with van der Waals surface area (Å²) in [6.45, 7) is 5.32. The van der Waals surface area contributed by atoms with Gasteiger partial charge in [-0.1, -0.05) is 18.5 Å². The summed E-state index contributed by atoms with van der Waals surface area (Å²) in [4.78, 5) is 24.5. The van der Waals surface area contributed by atoms with Crippen molar-refractivity contribution in [2.45, 2.75) is 39.3 Å². The zero-order chi connectivity index (χ0) is 18.7. The number of benzene rings is 1.